The first kappa shape index (κ1) is 19.8. The Balaban J connectivity index is 1.73. The van der Waals surface area contributed by atoms with E-state index in [4.69, 9.17) is 9.15 Å². The minimum Gasteiger partial charge on any atom is -0.490 e. The van der Waals surface area contributed by atoms with Crippen molar-refractivity contribution in [3.63, 3.8) is 0 Å². The minimum absolute atomic E-state index is 0.101. The quantitative estimate of drug-likeness (QED) is 0.430. The van der Waals surface area contributed by atoms with Crippen molar-refractivity contribution in [1.82, 2.24) is 9.88 Å². The summed E-state index contributed by atoms with van der Waals surface area (Å²) in [6.45, 7) is 5.09. The predicted molar refractivity (Wildman–Crippen MR) is 118 cm³/mol. The molecule has 5 nitrogen and oxygen atoms in total. The Kier molecular flexibility index (Phi) is 5.89. The zero-order chi connectivity index (χ0) is 20.9. The molecular formula is C25H26N2O3. The smallest absolute Gasteiger partial charge is 0.268 e. The Morgan fingerprint density at radius 1 is 1.10 bits per heavy atom. The van der Waals surface area contributed by atoms with Gasteiger partial charge in [-0.2, -0.15) is 0 Å². The van der Waals surface area contributed by atoms with Crippen molar-refractivity contribution in [3.05, 3.63) is 90.0 Å². The molecule has 5 heteroatoms. The molecule has 0 aliphatic heterocycles. The van der Waals surface area contributed by atoms with Gasteiger partial charge >= 0.3 is 0 Å². The van der Waals surface area contributed by atoms with E-state index < -0.39 is 0 Å². The average Bonchev–Trinajstić information content (AvgIpc) is 3.42. The summed E-state index contributed by atoms with van der Waals surface area (Å²) in [7, 11) is 0. The third kappa shape index (κ3) is 4.25. The largest absolute Gasteiger partial charge is 0.490 e. The molecule has 1 atom stereocenters. The Morgan fingerprint density at radius 2 is 1.93 bits per heavy atom. The zero-order valence-electron chi connectivity index (χ0n) is 17.3. The van der Waals surface area contributed by atoms with Crippen LogP contribution in [0.4, 0.5) is 0 Å². The number of aromatic nitrogens is 1. The van der Waals surface area contributed by atoms with Crippen molar-refractivity contribution in [2.45, 2.75) is 39.5 Å². The summed E-state index contributed by atoms with van der Waals surface area (Å²) >= 11 is 0. The zero-order valence-corrected chi connectivity index (χ0v) is 17.3. The van der Waals surface area contributed by atoms with Crippen molar-refractivity contribution in [2.24, 2.45) is 0 Å². The monoisotopic (exact) mass is 402 g/mol. The van der Waals surface area contributed by atoms with Crippen molar-refractivity contribution in [1.29, 1.82) is 0 Å². The Morgan fingerprint density at radius 3 is 2.67 bits per heavy atom. The molecule has 2 aromatic carbocycles. The van der Waals surface area contributed by atoms with Crippen LogP contribution < -0.4 is 10.1 Å². The molecule has 4 aromatic rings. The fourth-order valence-corrected chi connectivity index (χ4v) is 3.46. The number of fused-ring (bicyclic) bond motifs is 1. The molecule has 154 valence electrons. The van der Waals surface area contributed by atoms with Crippen LogP contribution in [0.2, 0.25) is 0 Å². The van der Waals surface area contributed by atoms with Crippen molar-refractivity contribution >= 4 is 16.8 Å². The summed E-state index contributed by atoms with van der Waals surface area (Å²) < 4.78 is 13.5. The van der Waals surface area contributed by atoms with E-state index in [-0.39, 0.29) is 12.0 Å². The summed E-state index contributed by atoms with van der Waals surface area (Å²) in [4.78, 5) is 13.1. The maximum Gasteiger partial charge on any atom is 0.268 e. The van der Waals surface area contributed by atoms with Gasteiger partial charge in [0, 0.05) is 11.9 Å². The van der Waals surface area contributed by atoms with Gasteiger partial charge in [0.25, 0.3) is 5.91 Å². The number of carbonyl (C=O) groups excluding carboxylic acids is 1. The van der Waals surface area contributed by atoms with Crippen molar-refractivity contribution in [2.75, 3.05) is 0 Å². The fraction of sp³-hybridized carbons (Fsp3) is 0.240. The van der Waals surface area contributed by atoms with Crippen LogP contribution in [-0.2, 0) is 13.1 Å². The molecule has 1 unspecified atom stereocenters. The van der Waals surface area contributed by atoms with Crippen LogP contribution in [0.15, 0.2) is 77.4 Å². The highest BCUT2D eigenvalue weighted by molar-refractivity contribution is 6.00. The summed E-state index contributed by atoms with van der Waals surface area (Å²) in [5.41, 5.74) is 2.70. The molecule has 2 aromatic heterocycles. The lowest BCUT2D eigenvalue weighted by molar-refractivity contribution is 0.0939. The SMILES string of the molecule is CCC(C)Oc1cccc2c1cc(C(=O)NCc1ccco1)n2Cc1ccccc1. The van der Waals surface area contributed by atoms with Crippen LogP contribution >= 0.6 is 0 Å². The maximum atomic E-state index is 13.1. The van der Waals surface area contributed by atoms with Gasteiger partial charge in [0.15, 0.2) is 0 Å². The third-order valence-corrected chi connectivity index (χ3v) is 5.23. The van der Waals surface area contributed by atoms with Crippen molar-refractivity contribution < 1.29 is 13.9 Å². The van der Waals surface area contributed by atoms with Crippen LogP contribution in [0.3, 0.4) is 0 Å². The lowest BCUT2D eigenvalue weighted by Gasteiger charge is -2.14. The van der Waals surface area contributed by atoms with Crippen LogP contribution in [-0.4, -0.2) is 16.6 Å². The number of amides is 1. The summed E-state index contributed by atoms with van der Waals surface area (Å²) in [5, 5.41) is 3.91. The van der Waals surface area contributed by atoms with E-state index in [1.54, 1.807) is 6.26 Å². The lowest BCUT2D eigenvalue weighted by atomic mass is 10.2. The summed E-state index contributed by atoms with van der Waals surface area (Å²) in [6.07, 6.45) is 2.62. The van der Waals surface area contributed by atoms with E-state index in [1.165, 1.54) is 0 Å². The van der Waals surface area contributed by atoms with E-state index in [2.05, 4.69) is 31.3 Å². The van der Waals surface area contributed by atoms with E-state index >= 15 is 0 Å². The molecule has 0 fully saturated rings. The van der Waals surface area contributed by atoms with Gasteiger partial charge in [-0.25, -0.2) is 0 Å². The molecule has 0 bridgehead atoms. The molecule has 30 heavy (non-hydrogen) atoms. The van der Waals surface area contributed by atoms with Gasteiger partial charge in [0.2, 0.25) is 0 Å². The number of hydrogen-bond donors (Lipinski definition) is 1. The van der Waals surface area contributed by atoms with E-state index in [1.807, 2.05) is 59.2 Å². The first-order chi connectivity index (χ1) is 14.7. The first-order valence-corrected chi connectivity index (χ1v) is 10.3. The van der Waals surface area contributed by atoms with Gasteiger partial charge in [0.05, 0.1) is 24.4 Å². The van der Waals surface area contributed by atoms with Crippen molar-refractivity contribution in [3.8, 4) is 5.75 Å². The lowest BCUT2D eigenvalue weighted by Crippen LogP contribution is -2.25. The normalized spacial score (nSPS) is 12.1. The molecule has 1 N–H and O–H groups in total. The van der Waals surface area contributed by atoms with Crippen LogP contribution in [0.25, 0.3) is 10.9 Å². The molecule has 1 amide bonds. The number of benzene rings is 2. The standard InChI is InChI=1S/C25H26N2O3/c1-3-18(2)30-24-13-7-12-22-21(24)15-23(25(28)26-16-20-11-8-14-29-20)27(22)17-19-9-5-4-6-10-19/h4-15,18H,3,16-17H2,1-2H3,(H,26,28). The molecule has 0 spiro atoms. The summed E-state index contributed by atoms with van der Waals surface area (Å²) in [6, 6.07) is 21.7. The van der Waals surface area contributed by atoms with Gasteiger partial charge < -0.3 is 19.0 Å². The van der Waals surface area contributed by atoms with Gasteiger partial charge in [-0.1, -0.05) is 43.3 Å². The molecule has 0 aliphatic carbocycles. The van der Waals surface area contributed by atoms with E-state index in [9.17, 15) is 4.79 Å². The topological polar surface area (TPSA) is 56.4 Å². The first-order valence-electron chi connectivity index (χ1n) is 10.3. The maximum absolute atomic E-state index is 13.1. The number of rotatable bonds is 8. The predicted octanol–water partition coefficient (Wildman–Crippen LogP) is 5.39. The van der Waals surface area contributed by atoms with Crippen LogP contribution in [0.1, 0.15) is 42.1 Å². The Hall–Kier alpha value is -3.47. The molecule has 2 heterocycles. The van der Waals surface area contributed by atoms with Gasteiger partial charge in [-0.3, -0.25) is 4.79 Å². The molecule has 0 radical (unpaired) electrons. The fourth-order valence-electron chi connectivity index (χ4n) is 3.46. The van der Waals surface area contributed by atoms with Crippen LogP contribution in [0.5, 0.6) is 5.75 Å². The van der Waals surface area contributed by atoms with E-state index in [0.29, 0.717) is 18.8 Å². The number of hydrogen-bond acceptors (Lipinski definition) is 3. The number of furan rings is 1. The molecule has 0 saturated carbocycles. The number of nitrogens with one attached hydrogen (secondary N) is 1. The van der Waals surface area contributed by atoms with E-state index in [0.717, 1.165) is 34.4 Å². The highest BCUT2D eigenvalue weighted by atomic mass is 16.5. The molecule has 0 saturated heterocycles. The molecule has 0 aliphatic rings. The molecular weight excluding hydrogens is 376 g/mol. The average molecular weight is 402 g/mol. The number of ether oxygens (including phenoxy) is 1. The third-order valence-electron chi connectivity index (χ3n) is 5.23. The second-order valence-electron chi connectivity index (χ2n) is 7.39. The second-order valence-corrected chi connectivity index (χ2v) is 7.39. The highest BCUT2D eigenvalue weighted by Gasteiger charge is 2.19. The number of nitrogens with zero attached hydrogens (tertiary/aromatic N) is 1. The van der Waals surface area contributed by atoms with Gasteiger partial charge in [0.1, 0.15) is 17.2 Å². The van der Waals surface area contributed by atoms with Gasteiger partial charge in [-0.15, -0.1) is 0 Å². The molecule has 4 rings (SSSR count). The van der Waals surface area contributed by atoms with Crippen LogP contribution in [0, 0.1) is 0 Å². The highest BCUT2D eigenvalue weighted by Crippen LogP contribution is 2.31. The Labute approximate surface area is 176 Å². The number of carbonyl (C=O) groups is 1. The van der Waals surface area contributed by atoms with Gasteiger partial charge in [-0.05, 0) is 49.2 Å². The Bertz CT molecular complexity index is 1110. The summed E-state index contributed by atoms with van der Waals surface area (Å²) in [5.74, 6) is 1.37. The second kappa shape index (κ2) is 8.91. The minimum atomic E-state index is -0.145.